The monoisotopic (exact) mass is 374 g/mol. The van der Waals surface area contributed by atoms with Crippen LogP contribution in [0.2, 0.25) is 0 Å². The first-order valence-corrected chi connectivity index (χ1v) is 8.98. The van der Waals surface area contributed by atoms with E-state index in [0.717, 1.165) is 30.8 Å². The van der Waals surface area contributed by atoms with E-state index in [1.165, 1.54) is 31.3 Å². The Hall–Kier alpha value is -2.71. The molecule has 1 aliphatic heterocycles. The van der Waals surface area contributed by atoms with Crippen molar-refractivity contribution in [1.29, 1.82) is 0 Å². The van der Waals surface area contributed by atoms with E-state index in [4.69, 9.17) is 5.21 Å². The zero-order valence-electron chi connectivity index (χ0n) is 15.5. The molecule has 0 atom stereocenters. The molecule has 0 spiro atoms. The highest BCUT2D eigenvalue weighted by molar-refractivity contribution is 5.93. The molecule has 0 radical (unpaired) electrons. The van der Waals surface area contributed by atoms with Crippen LogP contribution in [0.4, 0.5) is 4.79 Å². The van der Waals surface area contributed by atoms with Crippen molar-refractivity contribution in [2.45, 2.75) is 26.3 Å². The van der Waals surface area contributed by atoms with Crippen LogP contribution < -0.4 is 10.8 Å². The topological polar surface area (TPSA) is 102 Å². The normalized spacial score (nSPS) is 14.3. The van der Waals surface area contributed by atoms with Crippen molar-refractivity contribution in [3.63, 3.8) is 0 Å². The summed E-state index contributed by atoms with van der Waals surface area (Å²) >= 11 is 0. The quantitative estimate of drug-likeness (QED) is 0.380. The number of hydroxylamine groups is 1. The number of carbonyl (C=O) groups is 3. The smallest absolute Gasteiger partial charge is 0.319 e. The minimum absolute atomic E-state index is 0.381. The van der Waals surface area contributed by atoms with Gasteiger partial charge in [0, 0.05) is 32.6 Å². The van der Waals surface area contributed by atoms with Crippen LogP contribution in [0.25, 0.3) is 6.08 Å². The molecule has 1 aliphatic rings. The lowest BCUT2D eigenvalue weighted by Gasteiger charge is -2.25. The van der Waals surface area contributed by atoms with Crippen LogP contribution in [-0.2, 0) is 16.1 Å². The zero-order chi connectivity index (χ0) is 19.6. The second kappa shape index (κ2) is 10.4. The van der Waals surface area contributed by atoms with Crippen molar-refractivity contribution in [2.24, 2.45) is 0 Å². The van der Waals surface area contributed by atoms with Crippen molar-refractivity contribution >= 4 is 23.9 Å². The maximum Gasteiger partial charge on any atom is 0.324 e. The number of nitrogens with one attached hydrogen (secondary N) is 2. The number of rotatable bonds is 7. The highest BCUT2D eigenvalue weighted by Gasteiger charge is 2.18. The number of imide groups is 1. The highest BCUT2D eigenvalue weighted by atomic mass is 16.5. The van der Waals surface area contributed by atoms with Crippen LogP contribution in [0, 0.1) is 0 Å². The summed E-state index contributed by atoms with van der Waals surface area (Å²) in [6, 6.07) is 6.96. The molecule has 8 heteroatoms. The van der Waals surface area contributed by atoms with Crippen molar-refractivity contribution in [2.75, 3.05) is 26.2 Å². The maximum absolute atomic E-state index is 12.3. The van der Waals surface area contributed by atoms with Crippen molar-refractivity contribution < 1.29 is 19.6 Å². The van der Waals surface area contributed by atoms with E-state index in [0.29, 0.717) is 13.1 Å². The molecule has 1 fully saturated rings. The Labute approximate surface area is 158 Å². The number of amides is 4. The van der Waals surface area contributed by atoms with Gasteiger partial charge in [-0.3, -0.25) is 20.1 Å². The first-order chi connectivity index (χ1) is 13.0. The van der Waals surface area contributed by atoms with Crippen molar-refractivity contribution in [3.05, 3.63) is 41.5 Å². The lowest BCUT2D eigenvalue weighted by molar-refractivity contribution is -0.124. The van der Waals surface area contributed by atoms with E-state index in [1.54, 1.807) is 11.0 Å². The Morgan fingerprint density at radius 2 is 1.85 bits per heavy atom. The summed E-state index contributed by atoms with van der Waals surface area (Å²) < 4.78 is 0. The molecule has 0 unspecified atom stereocenters. The molecule has 0 saturated carbocycles. The summed E-state index contributed by atoms with van der Waals surface area (Å²) in [4.78, 5) is 38.5. The summed E-state index contributed by atoms with van der Waals surface area (Å²) in [5.41, 5.74) is 3.24. The largest absolute Gasteiger partial charge is 0.324 e. The minimum atomic E-state index is -0.604. The first-order valence-electron chi connectivity index (χ1n) is 8.98. The van der Waals surface area contributed by atoms with Gasteiger partial charge in [-0.15, -0.1) is 0 Å². The molecular formula is C19H26N4O4. The predicted octanol–water partition coefficient (Wildman–Crippen LogP) is 1.36. The number of hydrogen-bond acceptors (Lipinski definition) is 5. The van der Waals surface area contributed by atoms with Gasteiger partial charge in [-0.1, -0.05) is 24.3 Å². The number of nitrogens with zero attached hydrogens (tertiary/aromatic N) is 2. The Kier molecular flexibility index (Phi) is 7.97. The molecule has 27 heavy (non-hydrogen) atoms. The van der Waals surface area contributed by atoms with Crippen LogP contribution in [-0.4, -0.2) is 59.0 Å². The standard InChI is InChI=1S/C19H26N4O4/c1-15(24)20-19(26)23(13-12-22-10-2-3-11-22)14-17-6-4-16(5-7-17)8-9-18(25)21-27/h4-9,27H,2-3,10-14H2,1H3,(H,21,25)(H,20,24,26). The average Bonchev–Trinajstić information content (AvgIpc) is 3.17. The van der Waals surface area contributed by atoms with Crippen LogP contribution >= 0.6 is 0 Å². The third-order valence-electron chi connectivity index (χ3n) is 4.35. The lowest BCUT2D eigenvalue weighted by Crippen LogP contribution is -2.44. The molecule has 0 bridgehead atoms. The van der Waals surface area contributed by atoms with Crippen molar-refractivity contribution in [3.8, 4) is 0 Å². The van der Waals surface area contributed by atoms with Gasteiger partial charge in [0.25, 0.3) is 5.91 Å². The summed E-state index contributed by atoms with van der Waals surface area (Å²) in [6.07, 6.45) is 5.16. The van der Waals surface area contributed by atoms with Crippen LogP contribution in [0.15, 0.2) is 30.3 Å². The number of likely N-dealkylation sites (tertiary alicyclic amines) is 1. The summed E-state index contributed by atoms with van der Waals surface area (Å²) in [5.74, 6) is -0.984. The molecular weight excluding hydrogens is 348 g/mol. The fourth-order valence-corrected chi connectivity index (χ4v) is 2.91. The van der Waals surface area contributed by atoms with Gasteiger partial charge in [-0.05, 0) is 43.1 Å². The van der Waals surface area contributed by atoms with Crippen LogP contribution in [0.3, 0.4) is 0 Å². The molecule has 2 rings (SSSR count). The molecule has 1 aromatic carbocycles. The molecule has 0 aromatic heterocycles. The third-order valence-corrected chi connectivity index (χ3v) is 4.35. The van der Waals surface area contributed by atoms with Gasteiger partial charge in [0.1, 0.15) is 0 Å². The summed E-state index contributed by atoms with van der Waals surface area (Å²) in [7, 11) is 0. The van der Waals surface area contributed by atoms with Gasteiger partial charge in [0.05, 0.1) is 0 Å². The molecule has 1 aromatic rings. The van der Waals surface area contributed by atoms with Gasteiger partial charge in [0.2, 0.25) is 5.91 Å². The van der Waals surface area contributed by atoms with Crippen molar-refractivity contribution in [1.82, 2.24) is 20.6 Å². The molecule has 146 valence electrons. The van der Waals surface area contributed by atoms with E-state index in [9.17, 15) is 14.4 Å². The van der Waals surface area contributed by atoms with Gasteiger partial charge in [-0.2, -0.15) is 0 Å². The minimum Gasteiger partial charge on any atom is -0.319 e. The Bertz CT molecular complexity index is 681. The zero-order valence-corrected chi connectivity index (χ0v) is 15.5. The Morgan fingerprint density at radius 3 is 2.44 bits per heavy atom. The second-order valence-electron chi connectivity index (χ2n) is 6.51. The van der Waals surface area contributed by atoms with Gasteiger partial charge < -0.3 is 9.80 Å². The van der Waals surface area contributed by atoms with E-state index in [-0.39, 0.29) is 5.91 Å². The number of benzene rings is 1. The molecule has 8 nitrogen and oxygen atoms in total. The molecule has 3 N–H and O–H groups in total. The lowest BCUT2D eigenvalue weighted by atomic mass is 10.1. The van der Waals surface area contributed by atoms with Gasteiger partial charge >= 0.3 is 6.03 Å². The van der Waals surface area contributed by atoms with Crippen LogP contribution in [0.1, 0.15) is 30.9 Å². The average molecular weight is 374 g/mol. The first kappa shape index (κ1) is 20.6. The summed E-state index contributed by atoms with van der Waals surface area (Å²) in [5, 5.41) is 10.8. The number of carbonyl (C=O) groups excluding carboxylic acids is 3. The number of hydrogen-bond donors (Lipinski definition) is 3. The third kappa shape index (κ3) is 7.20. The van der Waals surface area contributed by atoms with Gasteiger partial charge in [-0.25, -0.2) is 10.3 Å². The van der Waals surface area contributed by atoms with E-state index >= 15 is 0 Å². The number of urea groups is 1. The van der Waals surface area contributed by atoms with Gasteiger partial charge in [0.15, 0.2) is 0 Å². The fraction of sp³-hybridized carbons (Fsp3) is 0.421. The van der Waals surface area contributed by atoms with E-state index in [1.807, 2.05) is 24.3 Å². The fourth-order valence-electron chi connectivity index (χ4n) is 2.91. The molecule has 1 heterocycles. The highest BCUT2D eigenvalue weighted by Crippen LogP contribution is 2.11. The Morgan fingerprint density at radius 1 is 1.19 bits per heavy atom. The maximum atomic E-state index is 12.3. The second-order valence-corrected chi connectivity index (χ2v) is 6.51. The molecule has 4 amide bonds. The van der Waals surface area contributed by atoms with Crippen LogP contribution in [0.5, 0.6) is 0 Å². The van der Waals surface area contributed by atoms with E-state index < -0.39 is 11.9 Å². The Balaban J connectivity index is 1.99. The van der Waals surface area contributed by atoms with E-state index in [2.05, 4.69) is 10.2 Å². The predicted molar refractivity (Wildman–Crippen MR) is 101 cm³/mol. The SMILES string of the molecule is CC(=O)NC(=O)N(CCN1CCCC1)Cc1ccc(C=CC(=O)NO)cc1. The summed E-state index contributed by atoms with van der Waals surface area (Å²) in [6.45, 7) is 5.11. The molecule has 1 saturated heterocycles. The molecule has 0 aliphatic carbocycles.